The average molecular weight is 443 g/mol. The molecule has 2 heterocycles. The molecule has 0 atom stereocenters. The van der Waals surface area contributed by atoms with Gasteiger partial charge in [-0.15, -0.1) is 24.0 Å². The van der Waals surface area contributed by atoms with Crippen LogP contribution in [0.2, 0.25) is 0 Å². The van der Waals surface area contributed by atoms with Crippen LogP contribution in [0.5, 0.6) is 0 Å². The summed E-state index contributed by atoms with van der Waals surface area (Å²) in [7, 11) is 1.94. The molecule has 0 unspecified atom stereocenters. The third-order valence-corrected chi connectivity index (χ3v) is 4.64. The number of aromatic nitrogens is 2. The van der Waals surface area contributed by atoms with Crippen LogP contribution in [0, 0.1) is 0 Å². The van der Waals surface area contributed by atoms with Crippen molar-refractivity contribution in [2.45, 2.75) is 6.54 Å². The summed E-state index contributed by atoms with van der Waals surface area (Å²) in [5.41, 5.74) is 9.32. The van der Waals surface area contributed by atoms with Crippen molar-refractivity contribution in [2.75, 3.05) is 24.6 Å². The Morgan fingerprint density at radius 2 is 1.96 bits per heavy atom. The van der Waals surface area contributed by atoms with Gasteiger partial charge in [-0.3, -0.25) is 4.68 Å². The molecule has 124 valence electrons. The van der Waals surface area contributed by atoms with Gasteiger partial charge in [-0.05, 0) is 0 Å². The molecule has 2 aromatic rings. The Kier molecular flexibility index (Phi) is 6.76. The fourth-order valence-corrected chi connectivity index (χ4v) is 3.45. The van der Waals surface area contributed by atoms with Gasteiger partial charge in [0.25, 0.3) is 0 Å². The van der Waals surface area contributed by atoms with E-state index in [1.54, 1.807) is 0 Å². The molecule has 2 N–H and O–H groups in total. The lowest BCUT2D eigenvalue weighted by Crippen LogP contribution is -2.42. The van der Waals surface area contributed by atoms with Gasteiger partial charge in [0, 0.05) is 49.0 Å². The van der Waals surface area contributed by atoms with Crippen LogP contribution in [0.4, 0.5) is 0 Å². The maximum Gasteiger partial charge on any atom is 0.191 e. The van der Waals surface area contributed by atoms with Crippen LogP contribution in [0.3, 0.4) is 0 Å². The molecule has 1 aromatic carbocycles. The van der Waals surface area contributed by atoms with Crippen molar-refractivity contribution >= 4 is 41.7 Å². The van der Waals surface area contributed by atoms with E-state index in [0.717, 1.165) is 41.4 Å². The summed E-state index contributed by atoms with van der Waals surface area (Å²) >= 11 is 1.97. The maximum atomic E-state index is 6.13. The number of hydrogen-bond donors (Lipinski definition) is 1. The van der Waals surface area contributed by atoms with Gasteiger partial charge in [0.2, 0.25) is 0 Å². The minimum absolute atomic E-state index is 0. The van der Waals surface area contributed by atoms with Crippen molar-refractivity contribution in [2.24, 2.45) is 17.8 Å². The number of nitrogens with zero attached hydrogens (tertiary/aromatic N) is 4. The average Bonchev–Trinajstić information content (AvgIpc) is 2.95. The van der Waals surface area contributed by atoms with Crippen LogP contribution < -0.4 is 5.73 Å². The molecule has 1 aromatic heterocycles. The third kappa shape index (κ3) is 4.63. The van der Waals surface area contributed by atoms with Crippen molar-refractivity contribution in [1.82, 2.24) is 14.7 Å². The monoisotopic (exact) mass is 443 g/mol. The normalized spacial score (nSPS) is 15.3. The summed E-state index contributed by atoms with van der Waals surface area (Å²) in [6, 6.07) is 10.2. The maximum absolute atomic E-state index is 6.13. The summed E-state index contributed by atoms with van der Waals surface area (Å²) in [5, 5.41) is 4.56. The zero-order valence-corrected chi connectivity index (χ0v) is 16.3. The van der Waals surface area contributed by atoms with E-state index in [1.165, 1.54) is 0 Å². The van der Waals surface area contributed by atoms with E-state index in [-0.39, 0.29) is 24.0 Å². The minimum Gasteiger partial charge on any atom is -0.370 e. The molecule has 1 aliphatic rings. The second-order valence-electron chi connectivity index (χ2n) is 5.32. The van der Waals surface area contributed by atoms with Gasteiger partial charge in [-0.25, -0.2) is 4.99 Å². The molecule has 0 spiro atoms. The van der Waals surface area contributed by atoms with E-state index in [9.17, 15) is 0 Å². The summed E-state index contributed by atoms with van der Waals surface area (Å²) in [6.07, 6.45) is 2.02. The summed E-state index contributed by atoms with van der Waals surface area (Å²) in [4.78, 5) is 6.74. The van der Waals surface area contributed by atoms with Gasteiger partial charge in [-0.1, -0.05) is 30.3 Å². The van der Waals surface area contributed by atoms with Crippen LogP contribution in [-0.4, -0.2) is 45.2 Å². The SMILES string of the molecule is Cn1cc(CN=C(N)N2CCSCC2)c(-c2ccccc2)n1.I. The lowest BCUT2D eigenvalue weighted by atomic mass is 10.1. The molecule has 0 radical (unpaired) electrons. The minimum atomic E-state index is 0. The Balaban J connectivity index is 0.00000192. The van der Waals surface area contributed by atoms with Crippen molar-refractivity contribution in [3.05, 3.63) is 42.1 Å². The lowest BCUT2D eigenvalue weighted by molar-refractivity contribution is 0.455. The number of thioether (sulfide) groups is 1. The predicted octanol–water partition coefficient (Wildman–Crippen LogP) is 2.57. The molecule has 1 saturated heterocycles. The number of aryl methyl sites for hydroxylation is 1. The third-order valence-electron chi connectivity index (χ3n) is 3.70. The molecule has 1 aliphatic heterocycles. The molecule has 7 heteroatoms. The van der Waals surface area contributed by atoms with E-state index in [4.69, 9.17) is 5.73 Å². The standard InChI is InChI=1S/C16H21N5S.HI/c1-20-12-14(15(19-20)13-5-3-2-4-6-13)11-18-16(17)21-7-9-22-10-8-21;/h2-6,12H,7-11H2,1H3,(H2,17,18);1H. The summed E-state index contributed by atoms with van der Waals surface area (Å²) in [5.74, 6) is 2.89. The van der Waals surface area contributed by atoms with Crippen LogP contribution in [-0.2, 0) is 13.6 Å². The lowest BCUT2D eigenvalue weighted by Gasteiger charge is -2.27. The molecule has 23 heavy (non-hydrogen) atoms. The van der Waals surface area contributed by atoms with Crippen LogP contribution in [0.15, 0.2) is 41.5 Å². The number of nitrogens with two attached hydrogens (primary N) is 1. The van der Waals surface area contributed by atoms with Crippen molar-refractivity contribution in [3.63, 3.8) is 0 Å². The van der Waals surface area contributed by atoms with Crippen molar-refractivity contribution in [1.29, 1.82) is 0 Å². The Morgan fingerprint density at radius 1 is 1.26 bits per heavy atom. The highest BCUT2D eigenvalue weighted by Gasteiger charge is 2.13. The molecule has 0 saturated carbocycles. The van der Waals surface area contributed by atoms with E-state index in [0.29, 0.717) is 12.5 Å². The predicted molar refractivity (Wildman–Crippen MR) is 108 cm³/mol. The Bertz CT molecular complexity index is 650. The van der Waals surface area contributed by atoms with E-state index >= 15 is 0 Å². The van der Waals surface area contributed by atoms with Crippen LogP contribution >= 0.6 is 35.7 Å². The summed E-state index contributed by atoms with van der Waals surface area (Å²) in [6.45, 7) is 2.53. The highest BCUT2D eigenvalue weighted by molar-refractivity contribution is 14.0. The van der Waals surface area contributed by atoms with Crippen LogP contribution in [0.1, 0.15) is 5.56 Å². The Labute approximate surface area is 158 Å². The Morgan fingerprint density at radius 3 is 2.65 bits per heavy atom. The number of benzene rings is 1. The number of rotatable bonds is 3. The number of guanidine groups is 1. The van der Waals surface area contributed by atoms with Crippen molar-refractivity contribution in [3.8, 4) is 11.3 Å². The molecular formula is C16H22IN5S. The van der Waals surface area contributed by atoms with Crippen molar-refractivity contribution < 1.29 is 0 Å². The number of hydrogen-bond acceptors (Lipinski definition) is 3. The highest BCUT2D eigenvalue weighted by Crippen LogP contribution is 2.22. The van der Waals surface area contributed by atoms with Gasteiger partial charge in [0.1, 0.15) is 0 Å². The fourth-order valence-electron chi connectivity index (χ4n) is 2.55. The quantitative estimate of drug-likeness (QED) is 0.450. The van der Waals surface area contributed by atoms with Gasteiger partial charge >= 0.3 is 0 Å². The molecule has 3 rings (SSSR count). The van der Waals surface area contributed by atoms with E-state index < -0.39 is 0 Å². The first-order chi connectivity index (χ1) is 10.7. The second-order valence-corrected chi connectivity index (χ2v) is 6.54. The first-order valence-corrected chi connectivity index (χ1v) is 8.60. The Hall–Kier alpha value is -1.22. The van der Waals surface area contributed by atoms with Crippen LogP contribution in [0.25, 0.3) is 11.3 Å². The molecule has 5 nitrogen and oxygen atoms in total. The smallest absolute Gasteiger partial charge is 0.191 e. The number of halogens is 1. The van der Waals surface area contributed by atoms with E-state index in [2.05, 4.69) is 27.1 Å². The first-order valence-electron chi connectivity index (χ1n) is 7.44. The topological polar surface area (TPSA) is 59.4 Å². The zero-order valence-electron chi connectivity index (χ0n) is 13.2. The molecule has 0 aliphatic carbocycles. The molecule has 1 fully saturated rings. The zero-order chi connectivity index (χ0) is 15.4. The van der Waals surface area contributed by atoms with Gasteiger partial charge in [0.05, 0.1) is 12.2 Å². The van der Waals surface area contributed by atoms with Gasteiger partial charge in [-0.2, -0.15) is 16.9 Å². The van der Waals surface area contributed by atoms with Gasteiger partial charge in [0.15, 0.2) is 5.96 Å². The summed E-state index contributed by atoms with van der Waals surface area (Å²) < 4.78 is 1.83. The largest absolute Gasteiger partial charge is 0.370 e. The molecular weight excluding hydrogens is 421 g/mol. The number of aliphatic imine (C=N–C) groups is 1. The van der Waals surface area contributed by atoms with E-state index in [1.807, 2.05) is 47.9 Å². The second kappa shape index (κ2) is 8.58. The van der Waals surface area contributed by atoms with Gasteiger partial charge < -0.3 is 10.6 Å². The molecule has 0 amide bonds. The fraction of sp³-hybridized carbons (Fsp3) is 0.375. The highest BCUT2D eigenvalue weighted by atomic mass is 127. The molecule has 0 bridgehead atoms. The first kappa shape index (κ1) is 18.1.